The Bertz CT molecular complexity index is 736. The number of hydrogen-bond acceptors (Lipinski definition) is 1. The van der Waals surface area contributed by atoms with Gasteiger partial charge in [0.25, 0.3) is 0 Å². The second kappa shape index (κ2) is 8.04. The first-order valence-corrected chi connectivity index (χ1v) is 19.3. The summed E-state index contributed by atoms with van der Waals surface area (Å²) in [6.45, 7) is 34.8. The lowest BCUT2D eigenvalue weighted by Crippen LogP contribution is -2.51. The molecule has 1 atom stereocenters. The lowest BCUT2D eigenvalue weighted by atomic mass is 9.75. The molecule has 166 valence electrons. The first-order valence-electron chi connectivity index (χ1n) is 11.0. The molecule has 0 aliphatic carbocycles. The van der Waals surface area contributed by atoms with E-state index >= 15 is 0 Å². The van der Waals surface area contributed by atoms with Crippen molar-refractivity contribution < 1.29 is 4.89 Å². The van der Waals surface area contributed by atoms with Gasteiger partial charge >= 0.3 is 0 Å². The quantitative estimate of drug-likeness (QED) is 0.363. The molecule has 0 saturated heterocycles. The predicted octanol–water partition coefficient (Wildman–Crippen LogP) is 6.89. The molecule has 0 bridgehead atoms. The highest BCUT2D eigenvalue weighted by atomic mass is 31.1. The van der Waals surface area contributed by atoms with E-state index in [1.165, 1.54) is 21.2 Å². The normalized spacial score (nSPS) is 14.8. The van der Waals surface area contributed by atoms with Gasteiger partial charge in [-0.15, -0.1) is 0 Å². The van der Waals surface area contributed by atoms with Crippen molar-refractivity contribution in [1.29, 1.82) is 0 Å². The van der Waals surface area contributed by atoms with Crippen LogP contribution < -0.4 is 10.2 Å². The van der Waals surface area contributed by atoms with E-state index in [1.54, 1.807) is 0 Å². The molecule has 0 aliphatic heterocycles. The van der Waals surface area contributed by atoms with Crippen molar-refractivity contribution >= 4 is 33.8 Å². The highest BCUT2D eigenvalue weighted by Crippen LogP contribution is 2.39. The fraction of sp³-hybridized carbons (Fsp3) is 0.720. The smallest absolute Gasteiger partial charge is 0.151 e. The van der Waals surface area contributed by atoms with Crippen LogP contribution in [-0.2, 0) is 16.2 Å². The molecule has 1 nitrogen and oxygen atoms in total. The molecule has 1 aromatic carbocycles. The summed E-state index contributed by atoms with van der Waals surface area (Å²) in [6.07, 6.45) is 0. The number of benzene rings is 1. The van der Waals surface area contributed by atoms with E-state index in [4.69, 9.17) is 0 Å². The summed E-state index contributed by atoms with van der Waals surface area (Å²) in [5, 5.41) is 1.15. The molecule has 0 N–H and O–H groups in total. The molecule has 0 saturated carbocycles. The minimum atomic E-state index is -1.69. The van der Waals surface area contributed by atoms with E-state index in [0.717, 1.165) is 5.30 Å². The summed E-state index contributed by atoms with van der Waals surface area (Å²) in [6, 6.07) is 4.73. The van der Waals surface area contributed by atoms with Crippen molar-refractivity contribution in [2.24, 2.45) is 0 Å². The van der Waals surface area contributed by atoms with Gasteiger partial charge in [-0.25, -0.2) is 0 Å². The summed E-state index contributed by atoms with van der Waals surface area (Å²) in [5.41, 5.74) is 3.88. The van der Waals surface area contributed by atoms with Gasteiger partial charge in [-0.3, -0.25) is 0 Å². The Morgan fingerprint density at radius 1 is 0.655 bits per heavy atom. The van der Waals surface area contributed by atoms with Crippen molar-refractivity contribution in [1.82, 2.24) is 0 Å². The minimum Gasteiger partial charge on any atom is -0.627 e. The lowest BCUT2D eigenvalue weighted by Gasteiger charge is -2.34. The zero-order valence-electron chi connectivity index (χ0n) is 22.0. The molecule has 0 radical (unpaired) electrons. The Labute approximate surface area is 185 Å². The minimum absolute atomic E-state index is 0.0500. The maximum atomic E-state index is 14.5. The second-order valence-electron chi connectivity index (χ2n) is 13.8. The fourth-order valence-corrected chi connectivity index (χ4v) is 20.3. The van der Waals surface area contributed by atoms with E-state index in [9.17, 15) is 4.89 Å². The second-order valence-corrected chi connectivity index (χ2v) is 26.6. The van der Waals surface area contributed by atoms with Crippen LogP contribution in [0.25, 0.3) is 0 Å². The van der Waals surface area contributed by atoms with Crippen molar-refractivity contribution in [3.63, 3.8) is 0 Å². The van der Waals surface area contributed by atoms with Gasteiger partial charge in [-0.1, -0.05) is 114 Å². The van der Waals surface area contributed by atoms with Gasteiger partial charge in [-0.05, 0) is 21.8 Å². The SMILES string of the molecule is CC(C)(C)c1cc(C(C)(C)C)c([P+]([O-])=C([Si](C)(C)C)[Si](C)(C)C)c(C(C)(C)C)c1. The Kier molecular flexibility index (Phi) is 7.44. The average Bonchev–Trinajstić information content (AvgIpc) is 2.39. The molecule has 0 heterocycles. The molecule has 0 aliphatic rings. The number of hydrogen-bond donors (Lipinski definition) is 0. The highest BCUT2D eigenvalue weighted by Gasteiger charge is 2.42. The fourth-order valence-electron chi connectivity index (χ4n) is 4.28. The zero-order chi connectivity index (χ0) is 23.4. The van der Waals surface area contributed by atoms with Crippen LogP contribution >= 0.6 is 7.77 Å². The largest absolute Gasteiger partial charge is 0.627 e. The van der Waals surface area contributed by atoms with Crippen LogP contribution in [0, 0.1) is 0 Å². The maximum absolute atomic E-state index is 14.5. The van der Waals surface area contributed by atoms with Crippen LogP contribution in [0.15, 0.2) is 12.1 Å². The van der Waals surface area contributed by atoms with Crippen LogP contribution in [0.1, 0.15) is 79.0 Å². The Hall–Kier alpha value is -0.216. The Morgan fingerprint density at radius 3 is 1.17 bits per heavy atom. The van der Waals surface area contributed by atoms with Crippen LogP contribution in [0.5, 0.6) is 0 Å². The monoisotopic (exact) mass is 450 g/mol. The van der Waals surface area contributed by atoms with E-state index in [-0.39, 0.29) is 16.2 Å². The Morgan fingerprint density at radius 2 is 0.966 bits per heavy atom. The molecule has 1 rings (SSSR count). The Balaban J connectivity index is 4.31. The van der Waals surface area contributed by atoms with Gasteiger partial charge < -0.3 is 4.89 Å². The molecular weight excluding hydrogens is 403 g/mol. The van der Waals surface area contributed by atoms with Crippen LogP contribution in [0.2, 0.25) is 39.3 Å². The van der Waals surface area contributed by atoms with Gasteiger partial charge in [-0.2, -0.15) is 0 Å². The van der Waals surface area contributed by atoms with Gasteiger partial charge in [0.05, 0.1) is 12.3 Å². The van der Waals surface area contributed by atoms with Crippen molar-refractivity contribution in [3.8, 4) is 0 Å². The third kappa shape index (κ3) is 6.39. The topological polar surface area (TPSA) is 23.1 Å². The third-order valence-corrected chi connectivity index (χ3v) is 19.3. The van der Waals surface area contributed by atoms with Crippen molar-refractivity contribution in [3.05, 3.63) is 28.8 Å². The first-order chi connectivity index (χ1) is 12.5. The van der Waals surface area contributed by atoms with E-state index < -0.39 is 23.9 Å². The average molecular weight is 451 g/mol. The maximum Gasteiger partial charge on any atom is 0.151 e. The predicted molar refractivity (Wildman–Crippen MR) is 141 cm³/mol. The first kappa shape index (κ1) is 26.8. The standard InChI is InChI=1S/C25H47OPSi2/c1-23(2,3)18-16-19(24(4,5)6)21(20(17-18)25(7,8)9)27(26)22(28(10,11)12)29(13,14)15/h16-17H,1-15H3. The summed E-state index contributed by atoms with van der Waals surface area (Å²) in [7, 11) is -4.92. The molecule has 29 heavy (non-hydrogen) atoms. The van der Waals surface area contributed by atoms with Gasteiger partial charge in [0.1, 0.15) is 16.1 Å². The summed E-state index contributed by atoms with van der Waals surface area (Å²) in [4.78, 5) is 14.5. The van der Waals surface area contributed by atoms with Gasteiger partial charge in [0.15, 0.2) is 5.30 Å². The van der Waals surface area contributed by atoms with E-state index in [2.05, 4.69) is 114 Å². The lowest BCUT2D eigenvalue weighted by molar-refractivity contribution is -0.149. The molecule has 0 aromatic heterocycles. The summed E-state index contributed by atoms with van der Waals surface area (Å²) < 4.78 is 1.43. The number of rotatable bonds is 3. The highest BCUT2D eigenvalue weighted by molar-refractivity contribution is 7.74. The molecule has 1 unspecified atom stereocenters. The van der Waals surface area contributed by atoms with E-state index in [1.807, 2.05) is 0 Å². The zero-order valence-corrected chi connectivity index (χ0v) is 24.9. The van der Waals surface area contributed by atoms with E-state index in [0.29, 0.717) is 0 Å². The molecule has 1 aromatic rings. The van der Waals surface area contributed by atoms with Crippen LogP contribution in [0.3, 0.4) is 0 Å². The molecule has 0 amide bonds. The van der Waals surface area contributed by atoms with Crippen LogP contribution in [0.4, 0.5) is 0 Å². The molecular formula is C25H47OPSi2. The molecule has 4 heteroatoms. The third-order valence-electron chi connectivity index (χ3n) is 5.42. The summed E-state index contributed by atoms with van der Waals surface area (Å²) in [5.74, 6) is 0. The summed E-state index contributed by atoms with van der Waals surface area (Å²) >= 11 is 0. The van der Waals surface area contributed by atoms with Crippen LogP contribution in [-0.4, -0.2) is 20.7 Å². The van der Waals surface area contributed by atoms with Crippen molar-refractivity contribution in [2.45, 2.75) is 118 Å². The molecule has 0 fully saturated rings. The van der Waals surface area contributed by atoms with Crippen molar-refractivity contribution in [2.75, 3.05) is 0 Å². The van der Waals surface area contributed by atoms with Gasteiger partial charge in [0.2, 0.25) is 0 Å². The molecule has 0 spiro atoms. The van der Waals surface area contributed by atoms with Gasteiger partial charge in [0, 0.05) is 11.1 Å².